The van der Waals surface area contributed by atoms with Crippen LogP contribution in [0.15, 0.2) is 29.4 Å². The quantitative estimate of drug-likeness (QED) is 0.774. The summed E-state index contributed by atoms with van der Waals surface area (Å²) < 4.78 is 1.98. The molecule has 1 aromatic carbocycles. The lowest BCUT2D eigenvalue weighted by atomic mass is 10.2. The number of amides is 2. The smallest absolute Gasteiger partial charge is 0.237 e. The van der Waals surface area contributed by atoms with Crippen LogP contribution < -0.4 is 10.6 Å². The first-order valence-electron chi connectivity index (χ1n) is 8.18. The zero-order chi connectivity index (χ0) is 18.0. The average molecular weight is 359 g/mol. The minimum atomic E-state index is -0.301. The third kappa shape index (κ3) is 4.39. The first-order chi connectivity index (χ1) is 11.9. The number of anilines is 2. The maximum atomic E-state index is 12.4. The molecular weight excluding hydrogens is 338 g/mol. The van der Waals surface area contributed by atoms with Crippen molar-refractivity contribution in [3.63, 3.8) is 0 Å². The highest BCUT2D eigenvalue weighted by Gasteiger charge is 2.30. The molecule has 1 atom stereocenters. The number of hydrogen-bond donors (Lipinski definition) is 2. The minimum Gasteiger partial charge on any atom is -0.326 e. The van der Waals surface area contributed by atoms with Gasteiger partial charge in [-0.05, 0) is 44.0 Å². The molecule has 132 valence electrons. The van der Waals surface area contributed by atoms with Gasteiger partial charge in [0.2, 0.25) is 11.8 Å². The standard InChI is InChI=1S/C17H21N5O2S/c1-10(25-17-21-20-15(22(17)3)12-4-5-12)16(24)19-14-8-6-13(7-9-14)18-11(2)23/h6-10,12H,4-5H2,1-3H3,(H,18,23)(H,19,24)/t10-/m0/s1. The van der Waals surface area contributed by atoms with Crippen LogP contribution in [0.3, 0.4) is 0 Å². The van der Waals surface area contributed by atoms with Gasteiger partial charge in [0.25, 0.3) is 0 Å². The van der Waals surface area contributed by atoms with Crippen molar-refractivity contribution in [3.05, 3.63) is 30.1 Å². The Balaban J connectivity index is 1.58. The lowest BCUT2D eigenvalue weighted by Gasteiger charge is -2.12. The number of nitrogens with zero attached hydrogens (tertiary/aromatic N) is 3. The van der Waals surface area contributed by atoms with Crippen LogP contribution in [0.25, 0.3) is 0 Å². The molecule has 2 aromatic rings. The van der Waals surface area contributed by atoms with Crippen molar-refractivity contribution < 1.29 is 9.59 Å². The van der Waals surface area contributed by atoms with E-state index in [2.05, 4.69) is 20.8 Å². The van der Waals surface area contributed by atoms with Gasteiger partial charge < -0.3 is 15.2 Å². The van der Waals surface area contributed by atoms with Gasteiger partial charge in [-0.25, -0.2) is 0 Å². The Kier molecular flexibility index (Phi) is 5.08. The summed E-state index contributed by atoms with van der Waals surface area (Å²) in [6.45, 7) is 3.30. The largest absolute Gasteiger partial charge is 0.326 e. The number of carbonyl (C=O) groups excluding carboxylic acids is 2. The predicted octanol–water partition coefficient (Wildman–Crippen LogP) is 2.77. The van der Waals surface area contributed by atoms with Gasteiger partial charge in [0, 0.05) is 31.3 Å². The molecule has 1 fully saturated rings. The molecule has 0 bridgehead atoms. The number of hydrogen-bond acceptors (Lipinski definition) is 5. The Labute approximate surface area is 150 Å². The summed E-state index contributed by atoms with van der Waals surface area (Å²) in [5.41, 5.74) is 1.38. The van der Waals surface area contributed by atoms with Crippen molar-refractivity contribution >= 4 is 35.0 Å². The Hall–Kier alpha value is -2.35. The van der Waals surface area contributed by atoms with Crippen LogP contribution in [-0.4, -0.2) is 31.8 Å². The van der Waals surface area contributed by atoms with Gasteiger partial charge in [0.05, 0.1) is 5.25 Å². The van der Waals surface area contributed by atoms with Crippen LogP contribution in [0.1, 0.15) is 38.4 Å². The molecule has 25 heavy (non-hydrogen) atoms. The summed E-state index contributed by atoms with van der Waals surface area (Å²) >= 11 is 1.40. The van der Waals surface area contributed by atoms with Gasteiger partial charge in [-0.2, -0.15) is 0 Å². The van der Waals surface area contributed by atoms with E-state index >= 15 is 0 Å². The second-order valence-corrected chi connectivity index (χ2v) is 7.49. The maximum Gasteiger partial charge on any atom is 0.237 e. The first-order valence-corrected chi connectivity index (χ1v) is 9.06. The maximum absolute atomic E-state index is 12.4. The van der Waals surface area contributed by atoms with Crippen molar-refractivity contribution in [2.45, 2.75) is 43.0 Å². The Morgan fingerprint density at radius 3 is 2.32 bits per heavy atom. The highest BCUT2D eigenvalue weighted by atomic mass is 32.2. The fourth-order valence-electron chi connectivity index (χ4n) is 2.42. The van der Waals surface area contributed by atoms with Crippen molar-refractivity contribution in [3.8, 4) is 0 Å². The topological polar surface area (TPSA) is 88.9 Å². The number of thioether (sulfide) groups is 1. The first kappa shape index (κ1) is 17.5. The molecule has 0 saturated heterocycles. The number of nitrogens with one attached hydrogen (secondary N) is 2. The van der Waals surface area contributed by atoms with E-state index in [9.17, 15) is 9.59 Å². The number of carbonyl (C=O) groups is 2. The molecule has 0 radical (unpaired) electrons. The number of aromatic nitrogens is 3. The van der Waals surface area contributed by atoms with Gasteiger partial charge in [0.1, 0.15) is 5.82 Å². The number of rotatable bonds is 6. The molecule has 0 spiro atoms. The lowest BCUT2D eigenvalue weighted by molar-refractivity contribution is -0.115. The molecule has 2 amide bonds. The van der Waals surface area contributed by atoms with Crippen LogP contribution in [0.2, 0.25) is 0 Å². The van der Waals surface area contributed by atoms with Crippen molar-refractivity contribution in [2.75, 3.05) is 10.6 Å². The zero-order valence-corrected chi connectivity index (χ0v) is 15.3. The lowest BCUT2D eigenvalue weighted by Crippen LogP contribution is -2.22. The van der Waals surface area contributed by atoms with E-state index in [1.807, 2.05) is 18.5 Å². The summed E-state index contributed by atoms with van der Waals surface area (Å²) in [6.07, 6.45) is 2.34. The highest BCUT2D eigenvalue weighted by molar-refractivity contribution is 8.00. The second-order valence-electron chi connectivity index (χ2n) is 6.18. The molecule has 1 aliphatic rings. The normalized spacial score (nSPS) is 14.8. The van der Waals surface area contributed by atoms with Crippen LogP contribution in [0, 0.1) is 0 Å². The van der Waals surface area contributed by atoms with Gasteiger partial charge in [-0.15, -0.1) is 10.2 Å². The third-order valence-electron chi connectivity index (χ3n) is 3.94. The molecule has 8 heteroatoms. The second kappa shape index (κ2) is 7.26. The summed E-state index contributed by atoms with van der Waals surface area (Å²) in [6, 6.07) is 7.01. The molecule has 0 unspecified atom stereocenters. The van der Waals surface area contributed by atoms with Crippen LogP contribution in [0.5, 0.6) is 0 Å². The van der Waals surface area contributed by atoms with Gasteiger partial charge in [0.15, 0.2) is 5.16 Å². The van der Waals surface area contributed by atoms with Crippen molar-refractivity contribution in [1.29, 1.82) is 0 Å². The van der Waals surface area contributed by atoms with E-state index in [1.54, 1.807) is 24.3 Å². The van der Waals surface area contributed by atoms with E-state index < -0.39 is 0 Å². The Bertz CT molecular complexity index is 783. The molecule has 0 aliphatic heterocycles. The average Bonchev–Trinajstić information content (AvgIpc) is 3.34. The molecule has 1 saturated carbocycles. The monoisotopic (exact) mass is 359 g/mol. The van der Waals surface area contributed by atoms with E-state index in [4.69, 9.17) is 0 Å². The van der Waals surface area contributed by atoms with Gasteiger partial charge in [-0.3, -0.25) is 9.59 Å². The highest BCUT2D eigenvalue weighted by Crippen LogP contribution is 2.39. The molecule has 2 N–H and O–H groups in total. The summed E-state index contributed by atoms with van der Waals surface area (Å²) in [7, 11) is 1.95. The van der Waals surface area contributed by atoms with Gasteiger partial charge in [-0.1, -0.05) is 11.8 Å². The molecule has 3 rings (SSSR count). The summed E-state index contributed by atoms with van der Waals surface area (Å²) in [5, 5.41) is 14.5. The summed E-state index contributed by atoms with van der Waals surface area (Å²) in [4.78, 5) is 23.4. The Morgan fingerprint density at radius 1 is 1.16 bits per heavy atom. The molecule has 7 nitrogen and oxygen atoms in total. The molecule has 1 aromatic heterocycles. The molecule has 1 aliphatic carbocycles. The fourth-order valence-corrected chi connectivity index (χ4v) is 3.24. The van der Waals surface area contributed by atoms with E-state index in [0.717, 1.165) is 11.0 Å². The van der Waals surface area contributed by atoms with E-state index in [-0.39, 0.29) is 17.1 Å². The summed E-state index contributed by atoms with van der Waals surface area (Å²) in [5.74, 6) is 1.30. The Morgan fingerprint density at radius 2 is 1.76 bits per heavy atom. The molecular formula is C17H21N5O2S. The third-order valence-corrected chi connectivity index (χ3v) is 5.07. The predicted molar refractivity (Wildman–Crippen MR) is 97.7 cm³/mol. The SMILES string of the molecule is CC(=O)Nc1ccc(NC(=O)[C@H](C)Sc2nnc(C3CC3)n2C)cc1. The van der Waals surface area contributed by atoms with Crippen LogP contribution >= 0.6 is 11.8 Å². The fraction of sp³-hybridized carbons (Fsp3) is 0.412. The van der Waals surface area contributed by atoms with Crippen molar-refractivity contribution in [2.24, 2.45) is 7.05 Å². The van der Waals surface area contributed by atoms with E-state index in [1.165, 1.54) is 31.5 Å². The minimum absolute atomic E-state index is 0.103. The molecule has 1 heterocycles. The van der Waals surface area contributed by atoms with Crippen LogP contribution in [0.4, 0.5) is 11.4 Å². The van der Waals surface area contributed by atoms with E-state index in [0.29, 0.717) is 17.3 Å². The number of benzene rings is 1. The van der Waals surface area contributed by atoms with Crippen LogP contribution in [-0.2, 0) is 16.6 Å². The van der Waals surface area contributed by atoms with Crippen molar-refractivity contribution in [1.82, 2.24) is 14.8 Å². The zero-order valence-electron chi connectivity index (χ0n) is 14.4. The van der Waals surface area contributed by atoms with Gasteiger partial charge >= 0.3 is 0 Å².